The molecular weight excluding hydrogens is 717 g/mol. The van der Waals surface area contributed by atoms with Gasteiger partial charge in [-0.15, -0.1) is 0 Å². The van der Waals surface area contributed by atoms with E-state index in [1.165, 1.54) is 27.2 Å². The zero-order valence-electron chi connectivity index (χ0n) is 31.9. The van der Waals surface area contributed by atoms with Crippen LogP contribution in [0.5, 0.6) is 0 Å². The molecule has 4 nitrogen and oxygen atoms in total. The Morgan fingerprint density at radius 3 is 1.56 bits per heavy atom. The van der Waals surface area contributed by atoms with E-state index in [1.807, 2.05) is 18.2 Å². The molecule has 0 unspecified atom stereocenters. The van der Waals surface area contributed by atoms with Crippen molar-refractivity contribution in [3.63, 3.8) is 0 Å². The largest absolute Gasteiger partial charge is 0.309 e. The van der Waals surface area contributed by atoms with Gasteiger partial charge < -0.3 is 4.57 Å². The molecule has 12 aromatic rings. The molecule has 0 spiro atoms. The van der Waals surface area contributed by atoms with E-state index in [-0.39, 0.29) is 0 Å². The van der Waals surface area contributed by atoms with Crippen LogP contribution in [0.25, 0.3) is 116 Å². The Balaban J connectivity index is 1.01. The number of benzene rings is 8. The number of nitrogens with zero attached hydrogens (tertiary/aromatic N) is 4. The van der Waals surface area contributed by atoms with Crippen LogP contribution in [-0.2, 0) is 0 Å². The summed E-state index contributed by atoms with van der Waals surface area (Å²) in [6, 6.07) is 73.1. The second-order valence-electron chi connectivity index (χ2n) is 15.2. The Bertz CT molecular complexity index is 3580. The lowest BCUT2D eigenvalue weighted by Crippen LogP contribution is -1.96. The third-order valence-electron chi connectivity index (χ3n) is 11.8. The Morgan fingerprint density at radius 1 is 0.339 bits per heavy atom. The Morgan fingerprint density at radius 2 is 0.864 bits per heavy atom. The summed E-state index contributed by atoms with van der Waals surface area (Å²) in [5, 5.41) is 8.08. The summed E-state index contributed by atoms with van der Waals surface area (Å²) in [5.74, 6) is 0. The highest BCUT2D eigenvalue weighted by Gasteiger charge is 2.20. The molecule has 0 amide bonds. The van der Waals surface area contributed by atoms with Crippen LogP contribution >= 0.6 is 0 Å². The minimum absolute atomic E-state index is 0.907. The van der Waals surface area contributed by atoms with Gasteiger partial charge in [0.1, 0.15) is 0 Å². The van der Waals surface area contributed by atoms with Crippen LogP contribution in [0.2, 0.25) is 0 Å². The van der Waals surface area contributed by atoms with Crippen molar-refractivity contribution in [1.29, 1.82) is 0 Å². The van der Waals surface area contributed by atoms with Gasteiger partial charge in [-0.1, -0.05) is 170 Å². The second kappa shape index (κ2) is 13.3. The molecular formula is C55H34N4. The van der Waals surface area contributed by atoms with Gasteiger partial charge in [-0.3, -0.25) is 0 Å². The maximum Gasteiger partial charge on any atom is 0.0972 e. The smallest absolute Gasteiger partial charge is 0.0972 e. The predicted molar refractivity (Wildman–Crippen MR) is 246 cm³/mol. The molecule has 0 bridgehead atoms. The van der Waals surface area contributed by atoms with Gasteiger partial charge in [-0.2, -0.15) is 0 Å². The highest BCUT2D eigenvalue weighted by atomic mass is 15.0. The lowest BCUT2D eigenvalue weighted by Gasteiger charge is -2.15. The van der Waals surface area contributed by atoms with Crippen molar-refractivity contribution in [2.75, 3.05) is 0 Å². The van der Waals surface area contributed by atoms with Crippen LogP contribution in [0.15, 0.2) is 206 Å². The topological polar surface area (TPSA) is 43.6 Å². The molecule has 4 aromatic heterocycles. The first-order valence-electron chi connectivity index (χ1n) is 20.0. The summed E-state index contributed by atoms with van der Waals surface area (Å²) < 4.78 is 2.43. The minimum atomic E-state index is 0.907. The molecule has 0 atom stereocenters. The number of hydrogen-bond donors (Lipinski definition) is 0. The summed E-state index contributed by atoms with van der Waals surface area (Å²) in [7, 11) is 0. The molecule has 0 radical (unpaired) electrons. The number of rotatable bonds is 5. The van der Waals surface area contributed by atoms with Crippen LogP contribution in [0.3, 0.4) is 0 Å². The van der Waals surface area contributed by atoms with Gasteiger partial charge in [0, 0.05) is 60.1 Å². The number of pyridine rings is 3. The summed E-state index contributed by atoms with van der Waals surface area (Å²) in [5.41, 5.74) is 14.6. The number of aromatic nitrogens is 4. The zero-order valence-corrected chi connectivity index (χ0v) is 31.9. The maximum absolute atomic E-state index is 5.44. The van der Waals surface area contributed by atoms with E-state index in [0.717, 1.165) is 88.7 Å². The quantitative estimate of drug-likeness (QED) is 0.165. The van der Waals surface area contributed by atoms with Crippen molar-refractivity contribution in [2.45, 2.75) is 0 Å². The first-order chi connectivity index (χ1) is 29.2. The Kier molecular flexibility index (Phi) is 7.50. The molecule has 0 saturated heterocycles. The van der Waals surface area contributed by atoms with Crippen molar-refractivity contribution in [1.82, 2.24) is 19.5 Å². The molecule has 0 saturated carbocycles. The highest BCUT2D eigenvalue weighted by molar-refractivity contribution is 6.27. The molecule has 0 fully saturated rings. The molecule has 0 aliphatic carbocycles. The fraction of sp³-hybridized carbons (Fsp3) is 0. The second-order valence-corrected chi connectivity index (χ2v) is 15.2. The first-order valence-corrected chi connectivity index (χ1v) is 20.0. The molecule has 12 rings (SSSR count). The number of fused-ring (bicyclic) bond motifs is 10. The van der Waals surface area contributed by atoms with Crippen LogP contribution in [0.1, 0.15) is 0 Å². The molecule has 59 heavy (non-hydrogen) atoms. The Hall–Kier alpha value is -7.95. The van der Waals surface area contributed by atoms with Gasteiger partial charge in [-0.25, -0.2) is 15.0 Å². The number of para-hydroxylation sites is 2. The summed E-state index contributed by atoms with van der Waals surface area (Å²) >= 11 is 0. The molecule has 0 aliphatic rings. The van der Waals surface area contributed by atoms with E-state index in [1.54, 1.807) is 0 Å². The lowest BCUT2D eigenvalue weighted by molar-refractivity contribution is 1.19. The summed E-state index contributed by atoms with van der Waals surface area (Å²) in [6.07, 6.45) is 0. The van der Waals surface area contributed by atoms with Gasteiger partial charge in [0.25, 0.3) is 0 Å². The molecule has 4 heterocycles. The summed E-state index contributed by atoms with van der Waals surface area (Å²) in [6.45, 7) is 0. The van der Waals surface area contributed by atoms with Crippen molar-refractivity contribution >= 4 is 65.3 Å². The highest BCUT2D eigenvalue weighted by Crippen LogP contribution is 2.43. The lowest BCUT2D eigenvalue weighted by atomic mass is 9.95. The average Bonchev–Trinajstić information content (AvgIpc) is 3.66. The average molecular weight is 751 g/mol. The maximum atomic E-state index is 5.44. The van der Waals surface area contributed by atoms with Crippen molar-refractivity contribution in [2.24, 2.45) is 0 Å². The van der Waals surface area contributed by atoms with E-state index in [0.29, 0.717) is 0 Å². The fourth-order valence-electron chi connectivity index (χ4n) is 8.92. The molecule has 8 aromatic carbocycles. The van der Waals surface area contributed by atoms with E-state index in [2.05, 4.69) is 193 Å². The van der Waals surface area contributed by atoms with Crippen LogP contribution < -0.4 is 0 Å². The fourth-order valence-corrected chi connectivity index (χ4v) is 8.92. The molecule has 0 aliphatic heterocycles. The molecule has 274 valence electrons. The van der Waals surface area contributed by atoms with Gasteiger partial charge >= 0.3 is 0 Å². The van der Waals surface area contributed by atoms with Gasteiger partial charge in [0.05, 0.1) is 44.7 Å². The van der Waals surface area contributed by atoms with Gasteiger partial charge in [0.2, 0.25) is 0 Å². The number of hydrogen-bond acceptors (Lipinski definition) is 3. The monoisotopic (exact) mass is 750 g/mol. The van der Waals surface area contributed by atoms with E-state index >= 15 is 0 Å². The predicted octanol–water partition coefficient (Wildman–Crippen LogP) is 14.2. The van der Waals surface area contributed by atoms with E-state index < -0.39 is 0 Å². The normalized spacial score (nSPS) is 11.7. The third-order valence-corrected chi connectivity index (χ3v) is 11.8. The van der Waals surface area contributed by atoms with E-state index in [9.17, 15) is 0 Å². The van der Waals surface area contributed by atoms with Gasteiger partial charge in [-0.05, 0) is 47.5 Å². The van der Waals surface area contributed by atoms with Crippen molar-refractivity contribution in [3.8, 4) is 50.6 Å². The molecule has 4 heteroatoms. The van der Waals surface area contributed by atoms with Crippen LogP contribution in [0, 0.1) is 0 Å². The van der Waals surface area contributed by atoms with Crippen molar-refractivity contribution < 1.29 is 0 Å². The Labute approximate surface area is 340 Å². The standard InChI is InChI=1S/C55H34N4/c1-4-12-36(13-5-1)47-32-27-39-24-25-40-28-33-48(57-54(40)53(39)56-47)37-22-20-35(21-23-37)41-26-29-45-49(34-41)58-52(38-14-6-2-7-15-38)46-31-30-44-43-18-10-11-19-50(43)59(55(44)51(45)46)42-16-8-3-9-17-42/h1-34H. The minimum Gasteiger partial charge on any atom is -0.309 e. The zero-order chi connectivity index (χ0) is 38.9. The summed E-state index contributed by atoms with van der Waals surface area (Å²) in [4.78, 5) is 15.8. The van der Waals surface area contributed by atoms with E-state index in [4.69, 9.17) is 15.0 Å². The van der Waals surface area contributed by atoms with Crippen molar-refractivity contribution in [3.05, 3.63) is 206 Å². The first kappa shape index (κ1) is 33.2. The van der Waals surface area contributed by atoms with Crippen LogP contribution in [-0.4, -0.2) is 19.5 Å². The van der Waals surface area contributed by atoms with Crippen LogP contribution in [0.4, 0.5) is 0 Å². The molecule has 0 N–H and O–H groups in total. The van der Waals surface area contributed by atoms with Gasteiger partial charge in [0.15, 0.2) is 0 Å². The SMILES string of the molecule is c1ccc(-c2ccc3ccc4ccc(-c5ccc(-c6ccc7c(c6)nc(-c6ccccc6)c6ccc8c9ccccc9n(-c9ccccc9)c8c67)cc5)nc4c3n2)cc1. The third kappa shape index (κ3) is 5.42.